The average molecular weight is 357 g/mol. The van der Waals surface area contributed by atoms with Gasteiger partial charge in [0.15, 0.2) is 11.6 Å². The van der Waals surface area contributed by atoms with Crippen LogP contribution >= 0.6 is 0 Å². The van der Waals surface area contributed by atoms with Crippen LogP contribution in [0, 0.1) is 5.82 Å². The van der Waals surface area contributed by atoms with Gasteiger partial charge in [-0.05, 0) is 66.1 Å². The molecule has 1 amide bonds. The fraction of sp³-hybridized carbons (Fsp3) is 0.381. The molecule has 5 heteroatoms. The Hall–Kier alpha value is -2.56. The van der Waals surface area contributed by atoms with Crippen molar-refractivity contribution in [3.8, 4) is 11.5 Å². The normalized spacial score (nSPS) is 15.9. The van der Waals surface area contributed by atoms with E-state index in [2.05, 4.69) is 17.4 Å². The third-order valence-electron chi connectivity index (χ3n) is 4.93. The third kappa shape index (κ3) is 4.15. The second-order valence-corrected chi connectivity index (χ2v) is 6.60. The summed E-state index contributed by atoms with van der Waals surface area (Å²) in [6.45, 7) is 0.307. The van der Waals surface area contributed by atoms with Gasteiger partial charge in [-0.3, -0.25) is 4.79 Å². The lowest BCUT2D eigenvalue weighted by Gasteiger charge is -2.25. The minimum absolute atomic E-state index is 0.0186. The van der Waals surface area contributed by atoms with Gasteiger partial charge in [0, 0.05) is 13.0 Å². The summed E-state index contributed by atoms with van der Waals surface area (Å²) in [5.74, 6) is 0.839. The van der Waals surface area contributed by atoms with E-state index in [1.165, 1.54) is 24.3 Å². The number of nitrogens with one attached hydrogen (secondary N) is 1. The number of benzene rings is 2. The van der Waals surface area contributed by atoms with Crippen LogP contribution in [0.4, 0.5) is 4.39 Å². The highest BCUT2D eigenvalue weighted by Gasteiger charge is 2.23. The molecule has 26 heavy (non-hydrogen) atoms. The first-order chi connectivity index (χ1) is 12.6. The summed E-state index contributed by atoms with van der Waals surface area (Å²) in [7, 11) is 3.09. The van der Waals surface area contributed by atoms with Crippen molar-refractivity contribution in [1.82, 2.24) is 5.32 Å². The summed E-state index contributed by atoms with van der Waals surface area (Å²) >= 11 is 0. The van der Waals surface area contributed by atoms with Crippen molar-refractivity contribution in [3.05, 3.63) is 58.9 Å². The van der Waals surface area contributed by atoms with E-state index in [0.717, 1.165) is 25.0 Å². The molecule has 0 saturated heterocycles. The molecule has 1 aliphatic rings. The summed E-state index contributed by atoms with van der Waals surface area (Å²) in [4.78, 5) is 12.4. The molecular formula is C21H24FNO3. The van der Waals surface area contributed by atoms with Crippen molar-refractivity contribution < 1.29 is 18.7 Å². The van der Waals surface area contributed by atoms with Gasteiger partial charge in [-0.15, -0.1) is 0 Å². The predicted molar refractivity (Wildman–Crippen MR) is 98.1 cm³/mol. The highest BCUT2D eigenvalue weighted by molar-refractivity contribution is 5.77. The van der Waals surface area contributed by atoms with E-state index in [1.807, 2.05) is 6.07 Å². The molecule has 0 heterocycles. The van der Waals surface area contributed by atoms with Crippen molar-refractivity contribution in [1.29, 1.82) is 0 Å². The second-order valence-electron chi connectivity index (χ2n) is 6.60. The molecule has 0 radical (unpaired) electrons. The van der Waals surface area contributed by atoms with Crippen LogP contribution in [-0.2, 0) is 17.8 Å². The van der Waals surface area contributed by atoms with Crippen LogP contribution in [0.15, 0.2) is 36.4 Å². The smallest absolute Gasteiger partial charge is 0.220 e. The Bertz CT molecular complexity index is 791. The predicted octanol–water partition coefficient (Wildman–Crippen LogP) is 3.97. The molecule has 1 N–H and O–H groups in total. The number of ether oxygens (including phenoxy) is 2. The van der Waals surface area contributed by atoms with Crippen molar-refractivity contribution >= 4 is 5.91 Å². The zero-order valence-electron chi connectivity index (χ0n) is 15.2. The maximum Gasteiger partial charge on any atom is 0.220 e. The van der Waals surface area contributed by atoms with Crippen LogP contribution in [0.2, 0.25) is 0 Å². The Morgan fingerprint density at radius 3 is 2.77 bits per heavy atom. The minimum Gasteiger partial charge on any atom is -0.497 e. The van der Waals surface area contributed by atoms with Gasteiger partial charge < -0.3 is 14.8 Å². The van der Waals surface area contributed by atoms with E-state index in [-0.39, 0.29) is 17.6 Å². The van der Waals surface area contributed by atoms with Crippen molar-refractivity contribution in [2.45, 2.75) is 38.1 Å². The van der Waals surface area contributed by atoms with Gasteiger partial charge in [-0.1, -0.05) is 12.1 Å². The first-order valence-electron chi connectivity index (χ1n) is 8.86. The molecule has 0 fully saturated rings. The number of fused-ring (bicyclic) bond motifs is 1. The van der Waals surface area contributed by atoms with Gasteiger partial charge in [0.25, 0.3) is 0 Å². The molecule has 138 valence electrons. The fourth-order valence-corrected chi connectivity index (χ4v) is 3.55. The molecule has 0 aliphatic heterocycles. The van der Waals surface area contributed by atoms with Gasteiger partial charge in [-0.2, -0.15) is 0 Å². The van der Waals surface area contributed by atoms with Crippen LogP contribution in [0.5, 0.6) is 11.5 Å². The highest BCUT2D eigenvalue weighted by atomic mass is 19.1. The number of carbonyl (C=O) groups is 1. The van der Waals surface area contributed by atoms with E-state index in [0.29, 0.717) is 18.5 Å². The Morgan fingerprint density at radius 1 is 1.19 bits per heavy atom. The van der Waals surface area contributed by atoms with E-state index >= 15 is 0 Å². The number of rotatable bonds is 6. The van der Waals surface area contributed by atoms with Crippen LogP contribution in [0.25, 0.3) is 0 Å². The van der Waals surface area contributed by atoms with Gasteiger partial charge in [-0.25, -0.2) is 4.39 Å². The van der Waals surface area contributed by atoms with Crippen LogP contribution in [0.3, 0.4) is 0 Å². The zero-order chi connectivity index (χ0) is 18.5. The zero-order valence-corrected chi connectivity index (χ0v) is 15.2. The number of methoxy groups -OCH3 is 2. The molecule has 0 bridgehead atoms. The lowest BCUT2D eigenvalue weighted by Crippen LogP contribution is -2.25. The lowest BCUT2D eigenvalue weighted by atomic mass is 9.81. The molecule has 1 unspecified atom stereocenters. The number of halogens is 1. The van der Waals surface area contributed by atoms with Gasteiger partial charge in [0.05, 0.1) is 14.2 Å². The average Bonchev–Trinajstić information content (AvgIpc) is 2.66. The van der Waals surface area contributed by atoms with Crippen molar-refractivity contribution in [2.24, 2.45) is 0 Å². The number of carbonyl (C=O) groups excluding carboxylic acids is 1. The first-order valence-corrected chi connectivity index (χ1v) is 8.86. The molecular weight excluding hydrogens is 333 g/mol. The van der Waals surface area contributed by atoms with Gasteiger partial charge >= 0.3 is 0 Å². The van der Waals surface area contributed by atoms with Crippen molar-refractivity contribution in [3.63, 3.8) is 0 Å². The summed E-state index contributed by atoms with van der Waals surface area (Å²) < 4.78 is 23.9. The molecule has 2 aromatic rings. The van der Waals surface area contributed by atoms with Gasteiger partial charge in [0.1, 0.15) is 5.75 Å². The number of hydrogen-bond acceptors (Lipinski definition) is 3. The Labute approximate surface area is 153 Å². The molecule has 0 aromatic heterocycles. The summed E-state index contributed by atoms with van der Waals surface area (Å²) in [6.07, 6.45) is 3.54. The maximum absolute atomic E-state index is 13.7. The lowest BCUT2D eigenvalue weighted by molar-refractivity contribution is -0.121. The molecule has 1 aliphatic carbocycles. The number of amides is 1. The number of aryl methyl sites for hydroxylation is 1. The van der Waals surface area contributed by atoms with Crippen LogP contribution in [0.1, 0.15) is 41.9 Å². The molecule has 2 aromatic carbocycles. The maximum atomic E-state index is 13.7. The SMILES string of the molecule is COc1ccc2c(c1)CCCC2CC(=O)NCc1ccc(OC)c(F)c1. The Balaban J connectivity index is 1.60. The molecule has 0 spiro atoms. The molecule has 3 rings (SSSR count). The topological polar surface area (TPSA) is 47.6 Å². The van der Waals surface area contributed by atoms with Crippen LogP contribution in [-0.4, -0.2) is 20.1 Å². The largest absolute Gasteiger partial charge is 0.497 e. The summed E-state index contributed by atoms with van der Waals surface area (Å²) in [6, 6.07) is 10.8. The van der Waals surface area contributed by atoms with E-state index < -0.39 is 5.82 Å². The second kappa shape index (κ2) is 8.21. The fourth-order valence-electron chi connectivity index (χ4n) is 3.55. The van der Waals surface area contributed by atoms with Crippen molar-refractivity contribution in [2.75, 3.05) is 14.2 Å². The standard InChI is InChI=1S/C21H24FNO3/c1-25-17-7-8-18-15(11-17)4-3-5-16(18)12-21(24)23-13-14-6-9-20(26-2)19(22)10-14/h6-11,16H,3-5,12-13H2,1-2H3,(H,23,24). The van der Waals surface area contributed by atoms with Crippen LogP contribution < -0.4 is 14.8 Å². The Kier molecular flexibility index (Phi) is 5.76. The number of hydrogen-bond donors (Lipinski definition) is 1. The molecule has 0 saturated carbocycles. The molecule has 1 atom stereocenters. The van der Waals surface area contributed by atoms with Gasteiger partial charge in [0.2, 0.25) is 5.91 Å². The first kappa shape index (κ1) is 18.2. The third-order valence-corrected chi connectivity index (χ3v) is 4.93. The quantitative estimate of drug-likeness (QED) is 0.851. The van der Waals surface area contributed by atoms with E-state index in [1.54, 1.807) is 19.2 Å². The summed E-state index contributed by atoms with van der Waals surface area (Å²) in [5, 5.41) is 2.89. The van der Waals surface area contributed by atoms with E-state index in [9.17, 15) is 9.18 Å². The van der Waals surface area contributed by atoms with E-state index in [4.69, 9.17) is 9.47 Å². The summed E-state index contributed by atoms with van der Waals surface area (Å²) in [5.41, 5.74) is 3.22. The minimum atomic E-state index is -0.422. The Morgan fingerprint density at radius 2 is 2.04 bits per heavy atom. The highest BCUT2D eigenvalue weighted by Crippen LogP contribution is 2.35. The monoisotopic (exact) mass is 357 g/mol. The molecule has 4 nitrogen and oxygen atoms in total.